The van der Waals surface area contributed by atoms with Gasteiger partial charge in [-0.1, -0.05) is 36.0 Å². The molecule has 2 unspecified atom stereocenters. The van der Waals surface area contributed by atoms with E-state index >= 15 is 0 Å². The number of allylic oxidation sites excluding steroid dienone is 3. The molecule has 148 valence electrons. The van der Waals surface area contributed by atoms with E-state index in [0.717, 1.165) is 25.9 Å². The molecule has 0 spiro atoms. The normalized spacial score (nSPS) is 23.7. The molecule has 1 aliphatic carbocycles. The summed E-state index contributed by atoms with van der Waals surface area (Å²) < 4.78 is 0. The van der Waals surface area contributed by atoms with Crippen molar-refractivity contribution >= 4 is 36.6 Å². The predicted octanol–water partition coefficient (Wildman–Crippen LogP) is 2.88. The first kappa shape index (κ1) is 23.1. The number of nitrogens with zero attached hydrogens (tertiary/aromatic N) is 2. The number of anilines is 1. The topological polar surface area (TPSA) is 101 Å². The van der Waals surface area contributed by atoms with Gasteiger partial charge in [-0.25, -0.2) is 9.97 Å². The van der Waals surface area contributed by atoms with Crippen LogP contribution in [0, 0.1) is 18.3 Å². The summed E-state index contributed by atoms with van der Waals surface area (Å²) in [5.74, 6) is -0.0234. The Balaban J connectivity index is 0.00000182. The molecule has 0 fully saturated rings. The first-order valence-corrected chi connectivity index (χ1v) is 8.57. The van der Waals surface area contributed by atoms with E-state index in [-0.39, 0.29) is 37.2 Å². The molecule has 27 heavy (non-hydrogen) atoms. The number of carboxylic acids is 1. The Morgan fingerprint density at radius 1 is 1.41 bits per heavy atom. The molecule has 2 aliphatic rings. The molecule has 2 atom stereocenters. The zero-order valence-electron chi connectivity index (χ0n) is 15.2. The van der Waals surface area contributed by atoms with Crippen LogP contribution in [0.25, 0.3) is 0 Å². The molecule has 3 rings (SSSR count). The number of aryl methyl sites for hydroxylation is 1. The number of nitrogens with two attached hydrogens (primary N) is 1. The average molecular weight is 413 g/mol. The van der Waals surface area contributed by atoms with Gasteiger partial charge in [0, 0.05) is 24.2 Å². The van der Waals surface area contributed by atoms with Crippen molar-refractivity contribution in [2.75, 3.05) is 18.8 Å². The fourth-order valence-corrected chi connectivity index (χ4v) is 3.57. The van der Waals surface area contributed by atoms with Crippen LogP contribution < -0.4 is 11.1 Å². The number of halogens is 2. The number of carboxylic acid groups (broad SMARTS) is 1. The quantitative estimate of drug-likeness (QED) is 0.642. The molecule has 2 heterocycles. The summed E-state index contributed by atoms with van der Waals surface area (Å²) in [6, 6.07) is 0. The van der Waals surface area contributed by atoms with Gasteiger partial charge in [-0.05, 0) is 32.7 Å². The van der Waals surface area contributed by atoms with E-state index in [2.05, 4.69) is 21.4 Å². The fraction of sp³-hybridized carbons (Fsp3) is 0.421. The Hall–Kier alpha value is -1.89. The maximum absolute atomic E-state index is 12.3. The van der Waals surface area contributed by atoms with Gasteiger partial charge in [0.15, 0.2) is 0 Å². The highest BCUT2D eigenvalue weighted by atomic mass is 35.5. The van der Waals surface area contributed by atoms with Gasteiger partial charge in [0.25, 0.3) is 0 Å². The third kappa shape index (κ3) is 5.09. The van der Waals surface area contributed by atoms with Crippen molar-refractivity contribution < 1.29 is 9.90 Å². The van der Waals surface area contributed by atoms with Crippen molar-refractivity contribution in [2.24, 2.45) is 11.3 Å². The number of rotatable bonds is 5. The van der Waals surface area contributed by atoms with Crippen molar-refractivity contribution in [1.82, 2.24) is 15.3 Å². The van der Waals surface area contributed by atoms with Crippen LogP contribution in [0.15, 0.2) is 42.2 Å². The Kier molecular flexibility index (Phi) is 8.47. The van der Waals surface area contributed by atoms with Crippen LogP contribution in [-0.4, -0.2) is 34.1 Å². The minimum absolute atomic E-state index is 0. The zero-order valence-corrected chi connectivity index (χ0v) is 16.9. The van der Waals surface area contributed by atoms with E-state index in [1.165, 1.54) is 5.57 Å². The summed E-state index contributed by atoms with van der Waals surface area (Å²) in [6.07, 6.45) is 13.3. The van der Waals surface area contributed by atoms with Crippen molar-refractivity contribution in [1.29, 1.82) is 0 Å². The van der Waals surface area contributed by atoms with Crippen LogP contribution in [0.4, 0.5) is 5.82 Å². The van der Waals surface area contributed by atoms with Crippen molar-refractivity contribution in [2.45, 2.75) is 26.2 Å². The summed E-state index contributed by atoms with van der Waals surface area (Å²) in [7, 11) is 0. The first-order chi connectivity index (χ1) is 12.0. The molecule has 1 aliphatic heterocycles. The zero-order chi connectivity index (χ0) is 17.9. The maximum atomic E-state index is 12.3. The summed E-state index contributed by atoms with van der Waals surface area (Å²) in [5.41, 5.74) is 6.97. The first-order valence-electron chi connectivity index (χ1n) is 8.57. The second kappa shape index (κ2) is 9.88. The number of hydrogen-bond acceptors (Lipinski definition) is 5. The molecule has 4 N–H and O–H groups in total. The number of carbonyl (C=O) groups is 1. The summed E-state index contributed by atoms with van der Waals surface area (Å²) in [6.45, 7) is 3.56. The van der Waals surface area contributed by atoms with Crippen LogP contribution in [0.1, 0.15) is 24.2 Å². The molecule has 8 heteroatoms. The Morgan fingerprint density at radius 2 is 2.19 bits per heavy atom. The highest BCUT2D eigenvalue weighted by molar-refractivity contribution is 5.85. The molecule has 6 nitrogen and oxygen atoms in total. The van der Waals surface area contributed by atoms with E-state index in [0.29, 0.717) is 17.2 Å². The Morgan fingerprint density at radius 3 is 2.81 bits per heavy atom. The van der Waals surface area contributed by atoms with Gasteiger partial charge in [-0.15, -0.1) is 24.8 Å². The van der Waals surface area contributed by atoms with Gasteiger partial charge in [0.1, 0.15) is 11.6 Å². The molecule has 0 saturated carbocycles. The third-order valence-corrected chi connectivity index (χ3v) is 5.05. The van der Waals surface area contributed by atoms with Gasteiger partial charge in [-0.2, -0.15) is 0 Å². The van der Waals surface area contributed by atoms with Crippen molar-refractivity contribution in [3.05, 3.63) is 53.5 Å². The number of nitrogen functional groups attached to an aromatic ring is 1. The number of aliphatic carboxylic acids is 1. The van der Waals surface area contributed by atoms with E-state index < -0.39 is 11.4 Å². The molecule has 1 aromatic rings. The van der Waals surface area contributed by atoms with Gasteiger partial charge in [0.05, 0.1) is 5.41 Å². The highest BCUT2D eigenvalue weighted by Gasteiger charge is 2.44. The minimum Gasteiger partial charge on any atom is -0.481 e. The monoisotopic (exact) mass is 412 g/mol. The summed E-state index contributed by atoms with van der Waals surface area (Å²) in [5, 5.41) is 13.4. The maximum Gasteiger partial charge on any atom is 0.314 e. The highest BCUT2D eigenvalue weighted by Crippen LogP contribution is 2.42. The summed E-state index contributed by atoms with van der Waals surface area (Å²) >= 11 is 0. The average Bonchev–Trinajstić information content (AvgIpc) is 2.60. The van der Waals surface area contributed by atoms with Crippen LogP contribution in [-0.2, 0) is 11.2 Å². The van der Waals surface area contributed by atoms with Crippen molar-refractivity contribution in [3.8, 4) is 0 Å². The molecule has 0 radical (unpaired) electrons. The lowest BCUT2D eigenvalue weighted by Crippen LogP contribution is -2.40. The van der Waals surface area contributed by atoms with Crippen LogP contribution in [0.3, 0.4) is 0 Å². The molecule has 0 amide bonds. The standard InChI is InChI=1S/C19H24N4O2.2ClH/c1-13-22-12-15(17(20)23-13)11-19(18(24)25)7-3-2-4-16(19)10-14-5-8-21-9-6-14;;/h2-5,7,12,16,21H,6,8-11H2,1H3,(H,24,25)(H2,20,22,23);2*1H. The van der Waals surface area contributed by atoms with Gasteiger partial charge in [0.2, 0.25) is 0 Å². The van der Waals surface area contributed by atoms with Crippen LogP contribution in [0.5, 0.6) is 0 Å². The lowest BCUT2D eigenvalue weighted by molar-refractivity contribution is -0.148. The van der Waals surface area contributed by atoms with Crippen molar-refractivity contribution in [3.63, 3.8) is 0 Å². The molecule has 1 aromatic heterocycles. The molecule has 0 bridgehead atoms. The Bertz CT molecular complexity index is 764. The second-order valence-corrected chi connectivity index (χ2v) is 6.72. The van der Waals surface area contributed by atoms with E-state index in [9.17, 15) is 9.90 Å². The second-order valence-electron chi connectivity index (χ2n) is 6.72. The van der Waals surface area contributed by atoms with Crippen LogP contribution >= 0.6 is 24.8 Å². The number of aromatic nitrogens is 2. The molecular formula is C19H26Cl2N4O2. The summed E-state index contributed by atoms with van der Waals surface area (Å²) in [4.78, 5) is 20.7. The minimum atomic E-state index is -1.03. The van der Waals surface area contributed by atoms with Gasteiger partial charge >= 0.3 is 5.97 Å². The number of hydrogen-bond donors (Lipinski definition) is 3. The lowest BCUT2D eigenvalue weighted by Gasteiger charge is -2.36. The van der Waals surface area contributed by atoms with Crippen LogP contribution in [0.2, 0.25) is 0 Å². The Labute approximate surface area is 171 Å². The van der Waals surface area contributed by atoms with Gasteiger partial charge in [-0.3, -0.25) is 4.79 Å². The van der Waals surface area contributed by atoms with E-state index in [4.69, 9.17) is 5.73 Å². The predicted molar refractivity (Wildman–Crippen MR) is 111 cm³/mol. The SMILES string of the molecule is Cc1ncc(CC2(C(=O)O)C=CC=CC2CC2=CCNCC2)c(N)n1.Cl.Cl. The molecule has 0 aromatic carbocycles. The third-order valence-electron chi connectivity index (χ3n) is 5.05. The lowest BCUT2D eigenvalue weighted by atomic mass is 9.66. The van der Waals surface area contributed by atoms with E-state index in [1.54, 1.807) is 19.2 Å². The van der Waals surface area contributed by atoms with Gasteiger partial charge < -0.3 is 16.2 Å². The largest absolute Gasteiger partial charge is 0.481 e. The molecular weight excluding hydrogens is 387 g/mol. The number of nitrogens with one attached hydrogen (secondary N) is 1. The smallest absolute Gasteiger partial charge is 0.314 e. The fourth-order valence-electron chi connectivity index (χ4n) is 3.57. The van der Waals surface area contributed by atoms with E-state index in [1.807, 2.05) is 18.2 Å². The molecule has 0 saturated heterocycles.